The van der Waals surface area contributed by atoms with Gasteiger partial charge in [0, 0.05) is 19.1 Å². The first kappa shape index (κ1) is 13.2. The number of rotatable bonds is 2. The zero-order valence-electron chi connectivity index (χ0n) is 11.5. The molecule has 2 aromatic rings. The molecule has 0 amide bonds. The van der Waals surface area contributed by atoms with E-state index in [-0.39, 0.29) is 11.8 Å². The first-order valence-corrected chi connectivity index (χ1v) is 6.94. The van der Waals surface area contributed by atoms with Crippen molar-refractivity contribution in [2.45, 2.75) is 25.6 Å². The molecule has 0 aromatic heterocycles. The minimum Gasteiger partial charge on any atom is -0.508 e. The van der Waals surface area contributed by atoms with Gasteiger partial charge >= 0.3 is 0 Å². The highest BCUT2D eigenvalue weighted by atomic mass is 16.3. The second-order valence-corrected chi connectivity index (χ2v) is 5.42. The fourth-order valence-electron chi connectivity index (χ4n) is 2.93. The Morgan fingerprint density at radius 3 is 2.60 bits per heavy atom. The van der Waals surface area contributed by atoms with Crippen LogP contribution in [0.2, 0.25) is 0 Å². The van der Waals surface area contributed by atoms with E-state index >= 15 is 0 Å². The highest BCUT2D eigenvalue weighted by Crippen LogP contribution is 2.37. The summed E-state index contributed by atoms with van der Waals surface area (Å²) in [5.41, 5.74) is 3.19. The molecule has 0 fully saturated rings. The lowest BCUT2D eigenvalue weighted by Crippen LogP contribution is -2.36. The summed E-state index contributed by atoms with van der Waals surface area (Å²) in [6.45, 7) is 3.55. The van der Waals surface area contributed by atoms with Gasteiger partial charge < -0.3 is 10.2 Å². The second-order valence-electron chi connectivity index (χ2n) is 5.42. The van der Waals surface area contributed by atoms with Gasteiger partial charge in [-0.05, 0) is 35.7 Å². The first-order valence-electron chi connectivity index (χ1n) is 6.94. The monoisotopic (exact) mass is 269 g/mol. The fraction of sp³-hybridized carbons (Fsp3) is 0.294. The Labute approximate surface area is 119 Å². The number of phenols is 1. The predicted octanol–water partition coefficient (Wildman–Crippen LogP) is 3.00. The van der Waals surface area contributed by atoms with E-state index in [0.717, 1.165) is 17.7 Å². The van der Waals surface area contributed by atoms with Crippen molar-refractivity contribution in [2.75, 3.05) is 6.54 Å². The third-order valence-corrected chi connectivity index (χ3v) is 4.06. The molecule has 2 atom stereocenters. The lowest BCUT2D eigenvalue weighted by atomic mass is 9.91. The van der Waals surface area contributed by atoms with Crippen LogP contribution in [0.15, 0.2) is 48.5 Å². The lowest BCUT2D eigenvalue weighted by molar-refractivity contribution is 0.0664. The standard InChI is InChI=1S/C17H19NO2/c1-12-15-8-7-14(19)9-16(15)17(20)11-18(12)10-13-5-3-2-4-6-13/h2-9,12,17,19-20H,10-11H2,1H3. The number of aromatic hydroxyl groups is 1. The van der Waals surface area contributed by atoms with E-state index in [0.29, 0.717) is 6.54 Å². The average molecular weight is 269 g/mol. The molecule has 3 heteroatoms. The van der Waals surface area contributed by atoms with Crippen LogP contribution in [-0.4, -0.2) is 21.7 Å². The largest absolute Gasteiger partial charge is 0.508 e. The van der Waals surface area contributed by atoms with Crippen molar-refractivity contribution in [3.05, 3.63) is 65.2 Å². The van der Waals surface area contributed by atoms with Gasteiger partial charge in [0.25, 0.3) is 0 Å². The average Bonchev–Trinajstić information content (AvgIpc) is 2.45. The van der Waals surface area contributed by atoms with Gasteiger partial charge in [0.2, 0.25) is 0 Å². The van der Waals surface area contributed by atoms with Crippen LogP contribution in [0.5, 0.6) is 5.75 Å². The van der Waals surface area contributed by atoms with E-state index in [1.165, 1.54) is 5.56 Å². The smallest absolute Gasteiger partial charge is 0.115 e. The Bertz CT molecular complexity index is 597. The van der Waals surface area contributed by atoms with Crippen molar-refractivity contribution in [1.29, 1.82) is 0 Å². The molecule has 104 valence electrons. The summed E-state index contributed by atoms with van der Waals surface area (Å²) < 4.78 is 0. The number of nitrogens with zero attached hydrogens (tertiary/aromatic N) is 1. The van der Waals surface area contributed by atoms with Gasteiger partial charge in [-0.3, -0.25) is 4.90 Å². The zero-order valence-corrected chi connectivity index (χ0v) is 11.5. The number of hydrogen-bond acceptors (Lipinski definition) is 3. The van der Waals surface area contributed by atoms with Crippen LogP contribution in [-0.2, 0) is 6.54 Å². The molecule has 0 aliphatic carbocycles. The van der Waals surface area contributed by atoms with Gasteiger partial charge in [-0.15, -0.1) is 0 Å². The van der Waals surface area contributed by atoms with Crippen LogP contribution in [0, 0.1) is 0 Å². The molecule has 2 unspecified atom stereocenters. The Hall–Kier alpha value is -1.84. The van der Waals surface area contributed by atoms with Crippen LogP contribution in [0.4, 0.5) is 0 Å². The molecule has 0 bridgehead atoms. The van der Waals surface area contributed by atoms with E-state index in [4.69, 9.17) is 0 Å². The molecular formula is C17H19NO2. The minimum absolute atomic E-state index is 0.214. The van der Waals surface area contributed by atoms with Gasteiger partial charge in [0.05, 0.1) is 6.10 Å². The van der Waals surface area contributed by atoms with Crippen molar-refractivity contribution in [3.8, 4) is 5.75 Å². The summed E-state index contributed by atoms with van der Waals surface area (Å²) >= 11 is 0. The van der Waals surface area contributed by atoms with E-state index in [1.807, 2.05) is 24.3 Å². The molecule has 1 aliphatic rings. The van der Waals surface area contributed by atoms with Crippen molar-refractivity contribution in [3.63, 3.8) is 0 Å². The van der Waals surface area contributed by atoms with E-state index < -0.39 is 6.10 Å². The molecule has 0 saturated carbocycles. The Morgan fingerprint density at radius 1 is 1.10 bits per heavy atom. The summed E-state index contributed by atoms with van der Waals surface area (Å²) in [6, 6.07) is 15.8. The van der Waals surface area contributed by atoms with E-state index in [9.17, 15) is 10.2 Å². The van der Waals surface area contributed by atoms with Crippen LogP contribution in [0.25, 0.3) is 0 Å². The maximum atomic E-state index is 10.3. The maximum Gasteiger partial charge on any atom is 0.115 e. The number of benzene rings is 2. The fourth-order valence-corrected chi connectivity index (χ4v) is 2.93. The van der Waals surface area contributed by atoms with Crippen molar-refractivity contribution < 1.29 is 10.2 Å². The number of β-amino-alcohol motifs (C(OH)–C–C–N with tert-alkyl or cyclic N) is 1. The summed E-state index contributed by atoms with van der Waals surface area (Å²) in [5, 5.41) is 19.9. The molecule has 0 spiro atoms. The van der Waals surface area contributed by atoms with E-state index in [1.54, 1.807) is 12.1 Å². The van der Waals surface area contributed by atoms with Crippen LogP contribution in [0.3, 0.4) is 0 Å². The second kappa shape index (κ2) is 5.27. The van der Waals surface area contributed by atoms with Gasteiger partial charge in [0.15, 0.2) is 0 Å². The Morgan fingerprint density at radius 2 is 1.85 bits per heavy atom. The van der Waals surface area contributed by atoms with Gasteiger partial charge in [-0.2, -0.15) is 0 Å². The molecule has 0 radical (unpaired) electrons. The SMILES string of the molecule is CC1c2ccc(O)cc2C(O)CN1Cc1ccccc1. The zero-order chi connectivity index (χ0) is 14.1. The lowest BCUT2D eigenvalue weighted by Gasteiger charge is -2.38. The number of phenolic OH excluding ortho intramolecular Hbond substituents is 1. The predicted molar refractivity (Wildman–Crippen MR) is 78.3 cm³/mol. The normalized spacial score (nSPS) is 22.5. The van der Waals surface area contributed by atoms with Crippen LogP contribution < -0.4 is 0 Å². The van der Waals surface area contributed by atoms with Crippen molar-refractivity contribution >= 4 is 0 Å². The molecule has 3 rings (SSSR count). The molecule has 20 heavy (non-hydrogen) atoms. The summed E-state index contributed by atoms with van der Waals surface area (Å²) in [7, 11) is 0. The highest BCUT2D eigenvalue weighted by molar-refractivity contribution is 5.40. The summed E-state index contributed by atoms with van der Waals surface area (Å²) in [5.74, 6) is 0.214. The third kappa shape index (κ3) is 2.42. The Kier molecular flexibility index (Phi) is 3.47. The molecule has 2 N–H and O–H groups in total. The van der Waals surface area contributed by atoms with Gasteiger partial charge in [0.1, 0.15) is 5.75 Å². The molecule has 0 saturated heterocycles. The van der Waals surface area contributed by atoms with Gasteiger partial charge in [-0.25, -0.2) is 0 Å². The van der Waals surface area contributed by atoms with Crippen LogP contribution >= 0.6 is 0 Å². The molecule has 1 heterocycles. The number of hydrogen-bond donors (Lipinski definition) is 2. The maximum absolute atomic E-state index is 10.3. The van der Waals surface area contributed by atoms with Crippen molar-refractivity contribution in [2.24, 2.45) is 0 Å². The van der Waals surface area contributed by atoms with Crippen LogP contribution in [0.1, 0.15) is 35.8 Å². The highest BCUT2D eigenvalue weighted by Gasteiger charge is 2.29. The van der Waals surface area contributed by atoms with Gasteiger partial charge in [-0.1, -0.05) is 36.4 Å². The van der Waals surface area contributed by atoms with E-state index in [2.05, 4.69) is 24.0 Å². The number of aliphatic hydroxyl groups is 1. The topological polar surface area (TPSA) is 43.7 Å². The quantitative estimate of drug-likeness (QED) is 0.881. The molecular weight excluding hydrogens is 250 g/mol. The van der Waals surface area contributed by atoms with Crippen molar-refractivity contribution in [1.82, 2.24) is 4.90 Å². The molecule has 1 aliphatic heterocycles. The minimum atomic E-state index is -0.544. The number of fused-ring (bicyclic) bond motifs is 1. The number of aliphatic hydroxyl groups excluding tert-OH is 1. The molecule has 3 nitrogen and oxygen atoms in total. The summed E-state index contributed by atoms with van der Waals surface area (Å²) in [6.07, 6.45) is -0.544. The summed E-state index contributed by atoms with van der Waals surface area (Å²) in [4.78, 5) is 2.26. The molecule has 2 aromatic carbocycles. The first-order chi connectivity index (χ1) is 9.65. The Balaban J connectivity index is 1.88. The third-order valence-electron chi connectivity index (χ3n) is 4.06.